The molecular formula is C14H14F3NO2. The number of carbonyl (C=O) groups excluding carboxylic acids is 1. The van der Waals surface area contributed by atoms with Gasteiger partial charge in [-0.15, -0.1) is 0 Å². The molecule has 0 saturated carbocycles. The monoisotopic (exact) mass is 285 g/mol. The molecule has 0 heterocycles. The van der Waals surface area contributed by atoms with E-state index in [9.17, 15) is 18.0 Å². The number of alkyl halides is 3. The minimum atomic E-state index is -4.36. The molecule has 0 saturated heterocycles. The largest absolute Gasteiger partial charge is 0.389 e. The van der Waals surface area contributed by atoms with Gasteiger partial charge in [0.15, 0.2) is 0 Å². The number of rotatable bonds is 3. The Balaban J connectivity index is 2.79. The minimum absolute atomic E-state index is 0.337. The number of aryl methyl sites for hydroxylation is 1. The molecule has 20 heavy (non-hydrogen) atoms. The molecule has 1 aromatic carbocycles. The summed E-state index contributed by atoms with van der Waals surface area (Å²) in [6, 6.07) is 4.97. The molecule has 108 valence electrons. The Morgan fingerprint density at radius 2 is 2.10 bits per heavy atom. The highest BCUT2D eigenvalue weighted by Gasteiger charge is 2.27. The summed E-state index contributed by atoms with van der Waals surface area (Å²) in [6.07, 6.45) is -6.16. The first-order valence-corrected chi connectivity index (χ1v) is 5.89. The summed E-state index contributed by atoms with van der Waals surface area (Å²) in [5.41, 5.74) is 1.68. The summed E-state index contributed by atoms with van der Waals surface area (Å²) in [6.45, 7) is 1.48. The van der Waals surface area contributed by atoms with E-state index in [1.54, 1.807) is 18.2 Å². The highest BCUT2D eigenvalue weighted by molar-refractivity contribution is 5.92. The predicted molar refractivity (Wildman–Crippen MR) is 69.1 cm³/mol. The Morgan fingerprint density at radius 3 is 2.70 bits per heavy atom. The van der Waals surface area contributed by atoms with Crippen molar-refractivity contribution in [3.05, 3.63) is 29.3 Å². The SMILES string of the molecule is Cc1ccc(NC(=O)CCC(F)(F)F)c(C#CCO)c1. The number of anilines is 1. The molecule has 0 radical (unpaired) electrons. The summed E-state index contributed by atoms with van der Waals surface area (Å²) in [7, 11) is 0. The lowest BCUT2D eigenvalue weighted by Crippen LogP contribution is -2.17. The van der Waals surface area contributed by atoms with Gasteiger partial charge in [-0.05, 0) is 24.6 Å². The van der Waals surface area contributed by atoms with Gasteiger partial charge in [0.2, 0.25) is 5.91 Å². The maximum atomic E-state index is 12.0. The van der Waals surface area contributed by atoms with E-state index in [4.69, 9.17) is 5.11 Å². The Bertz CT molecular complexity index is 542. The zero-order valence-electron chi connectivity index (χ0n) is 10.8. The Labute approximate surface area is 114 Å². The molecule has 0 aliphatic heterocycles. The number of carbonyl (C=O) groups is 1. The van der Waals surface area contributed by atoms with E-state index in [0.717, 1.165) is 5.56 Å². The number of nitrogens with one attached hydrogen (secondary N) is 1. The van der Waals surface area contributed by atoms with Crippen LogP contribution >= 0.6 is 0 Å². The van der Waals surface area contributed by atoms with Crippen molar-refractivity contribution in [2.24, 2.45) is 0 Å². The lowest BCUT2D eigenvalue weighted by atomic mass is 10.1. The van der Waals surface area contributed by atoms with Gasteiger partial charge >= 0.3 is 6.18 Å². The van der Waals surface area contributed by atoms with Crippen molar-refractivity contribution >= 4 is 11.6 Å². The van der Waals surface area contributed by atoms with E-state index in [-0.39, 0.29) is 6.61 Å². The first-order chi connectivity index (χ1) is 9.31. The standard InChI is InChI=1S/C14H14F3NO2/c1-10-4-5-12(11(9-10)3-2-8-19)18-13(20)6-7-14(15,16)17/h4-5,9,19H,6-8H2,1H3,(H,18,20). The third kappa shape index (κ3) is 5.76. The smallest absolute Gasteiger partial charge is 0.384 e. The first-order valence-electron chi connectivity index (χ1n) is 5.89. The van der Waals surface area contributed by atoms with Crippen LogP contribution in [0, 0.1) is 18.8 Å². The fourth-order valence-corrected chi connectivity index (χ4v) is 1.47. The van der Waals surface area contributed by atoms with Crippen LogP contribution < -0.4 is 5.32 Å². The second-order valence-electron chi connectivity index (χ2n) is 4.17. The lowest BCUT2D eigenvalue weighted by molar-refractivity contribution is -0.142. The summed E-state index contributed by atoms with van der Waals surface area (Å²) in [4.78, 5) is 11.5. The van der Waals surface area contributed by atoms with Crippen molar-refractivity contribution in [2.45, 2.75) is 25.9 Å². The van der Waals surface area contributed by atoms with Crippen molar-refractivity contribution in [3.8, 4) is 11.8 Å². The molecule has 1 amide bonds. The normalized spacial score (nSPS) is 10.7. The first kappa shape index (κ1) is 16.1. The van der Waals surface area contributed by atoms with E-state index in [2.05, 4.69) is 17.2 Å². The van der Waals surface area contributed by atoms with Gasteiger partial charge in [0, 0.05) is 12.0 Å². The van der Waals surface area contributed by atoms with Crippen molar-refractivity contribution in [2.75, 3.05) is 11.9 Å². The maximum Gasteiger partial charge on any atom is 0.389 e. The van der Waals surface area contributed by atoms with Gasteiger partial charge in [-0.1, -0.05) is 17.9 Å². The van der Waals surface area contributed by atoms with Crippen LogP contribution in [0.1, 0.15) is 24.0 Å². The molecule has 0 spiro atoms. The molecule has 3 nitrogen and oxygen atoms in total. The second kappa shape index (κ2) is 6.96. The topological polar surface area (TPSA) is 49.3 Å². The fourth-order valence-electron chi connectivity index (χ4n) is 1.47. The van der Waals surface area contributed by atoms with Crippen LogP contribution in [0.2, 0.25) is 0 Å². The molecule has 6 heteroatoms. The number of halogens is 3. The Hall–Kier alpha value is -2.00. The Kier molecular flexibility index (Phi) is 5.59. The lowest BCUT2D eigenvalue weighted by Gasteiger charge is -2.09. The zero-order valence-corrected chi connectivity index (χ0v) is 10.8. The Morgan fingerprint density at radius 1 is 1.40 bits per heavy atom. The molecule has 0 atom stereocenters. The van der Waals surface area contributed by atoms with Gasteiger partial charge < -0.3 is 10.4 Å². The van der Waals surface area contributed by atoms with Crippen LogP contribution in [0.5, 0.6) is 0 Å². The highest BCUT2D eigenvalue weighted by Crippen LogP contribution is 2.22. The van der Waals surface area contributed by atoms with Crippen molar-refractivity contribution < 1.29 is 23.1 Å². The van der Waals surface area contributed by atoms with Gasteiger partial charge in [0.1, 0.15) is 6.61 Å². The van der Waals surface area contributed by atoms with Crippen LogP contribution in [0.3, 0.4) is 0 Å². The predicted octanol–water partition coefficient (Wildman–Crippen LogP) is 2.62. The molecule has 0 fully saturated rings. The van der Waals surface area contributed by atoms with E-state index in [1.165, 1.54) is 0 Å². The summed E-state index contributed by atoms with van der Waals surface area (Å²) in [5, 5.41) is 11.1. The second-order valence-corrected chi connectivity index (χ2v) is 4.17. The van der Waals surface area contributed by atoms with Crippen LogP contribution in [0.15, 0.2) is 18.2 Å². The third-order valence-corrected chi connectivity index (χ3v) is 2.39. The number of aliphatic hydroxyl groups excluding tert-OH is 1. The maximum absolute atomic E-state index is 12.0. The van der Waals surface area contributed by atoms with Gasteiger partial charge in [0.05, 0.1) is 12.1 Å². The average molecular weight is 285 g/mol. The minimum Gasteiger partial charge on any atom is -0.384 e. The molecule has 0 bridgehead atoms. The van der Waals surface area contributed by atoms with Crippen molar-refractivity contribution in [3.63, 3.8) is 0 Å². The van der Waals surface area contributed by atoms with Crippen LogP contribution in [0.25, 0.3) is 0 Å². The van der Waals surface area contributed by atoms with Gasteiger partial charge in [-0.2, -0.15) is 13.2 Å². The number of hydrogen-bond donors (Lipinski definition) is 2. The van der Waals surface area contributed by atoms with Crippen molar-refractivity contribution in [1.29, 1.82) is 0 Å². The van der Waals surface area contributed by atoms with E-state index >= 15 is 0 Å². The molecule has 0 aromatic heterocycles. The average Bonchev–Trinajstić information content (AvgIpc) is 2.36. The molecule has 1 aromatic rings. The summed E-state index contributed by atoms with van der Waals surface area (Å²) >= 11 is 0. The fraction of sp³-hybridized carbons (Fsp3) is 0.357. The zero-order chi connectivity index (χ0) is 15.2. The van der Waals surface area contributed by atoms with E-state index in [0.29, 0.717) is 11.3 Å². The quantitative estimate of drug-likeness (QED) is 0.839. The molecule has 1 rings (SSSR count). The summed E-state index contributed by atoms with van der Waals surface area (Å²) < 4.78 is 36.1. The number of hydrogen-bond acceptors (Lipinski definition) is 2. The number of amides is 1. The molecular weight excluding hydrogens is 271 g/mol. The van der Waals surface area contributed by atoms with Gasteiger partial charge in [-0.25, -0.2) is 0 Å². The van der Waals surface area contributed by atoms with Crippen LogP contribution in [-0.4, -0.2) is 23.8 Å². The number of aliphatic hydroxyl groups is 1. The highest BCUT2D eigenvalue weighted by atomic mass is 19.4. The molecule has 2 N–H and O–H groups in total. The van der Waals surface area contributed by atoms with Gasteiger partial charge in [-0.3, -0.25) is 4.79 Å². The van der Waals surface area contributed by atoms with Crippen LogP contribution in [-0.2, 0) is 4.79 Å². The van der Waals surface area contributed by atoms with Gasteiger partial charge in [0.25, 0.3) is 0 Å². The van der Waals surface area contributed by atoms with Crippen molar-refractivity contribution in [1.82, 2.24) is 0 Å². The summed E-state index contributed by atoms with van der Waals surface area (Å²) in [5.74, 6) is 4.36. The molecule has 0 aliphatic carbocycles. The number of benzene rings is 1. The van der Waals surface area contributed by atoms with Crippen LogP contribution in [0.4, 0.5) is 18.9 Å². The van der Waals surface area contributed by atoms with E-state index in [1.807, 2.05) is 6.92 Å². The third-order valence-electron chi connectivity index (χ3n) is 2.39. The molecule has 0 aliphatic rings. The molecule has 0 unspecified atom stereocenters. The van der Waals surface area contributed by atoms with E-state index < -0.39 is 24.9 Å².